The predicted molar refractivity (Wildman–Crippen MR) is 74.8 cm³/mol. The molecule has 1 heterocycles. The Kier molecular flexibility index (Phi) is 3.80. The number of likely N-dealkylation sites (N-methyl/N-ethyl adjacent to an activating group) is 2. The van der Waals surface area contributed by atoms with Gasteiger partial charge in [0.05, 0.1) is 19.4 Å². The highest BCUT2D eigenvalue weighted by atomic mass is 16.5. The molecule has 0 aliphatic carbocycles. The summed E-state index contributed by atoms with van der Waals surface area (Å²) in [6.07, 6.45) is 2.01. The van der Waals surface area contributed by atoms with Crippen LogP contribution in [0.5, 0.6) is 5.75 Å². The van der Waals surface area contributed by atoms with E-state index in [2.05, 4.69) is 36.3 Å². The molecule has 0 aromatic heterocycles. The Balaban J connectivity index is 2.27. The van der Waals surface area contributed by atoms with Gasteiger partial charge in [-0.15, -0.1) is 0 Å². The number of methoxy groups -OCH3 is 1. The van der Waals surface area contributed by atoms with Crippen molar-refractivity contribution in [2.45, 2.75) is 19.8 Å². The summed E-state index contributed by atoms with van der Waals surface area (Å²) in [6, 6.07) is 6.36. The first-order valence-corrected chi connectivity index (χ1v) is 6.46. The maximum atomic E-state index is 5.32. The minimum absolute atomic E-state index is 0.937. The van der Waals surface area contributed by atoms with Gasteiger partial charge in [-0.1, -0.05) is 13.0 Å². The van der Waals surface area contributed by atoms with Crippen LogP contribution in [-0.2, 0) is 12.8 Å². The molecule has 0 saturated carbocycles. The molecule has 0 atom stereocenters. The largest absolute Gasteiger partial charge is 0.497 e. The molecular formula is C15H22N2O. The third-order valence-electron chi connectivity index (χ3n) is 3.56. The Morgan fingerprint density at radius 2 is 2.11 bits per heavy atom. The van der Waals surface area contributed by atoms with Crippen LogP contribution in [0.1, 0.15) is 18.1 Å². The van der Waals surface area contributed by atoms with Crippen molar-refractivity contribution in [1.29, 1.82) is 0 Å². The van der Waals surface area contributed by atoms with E-state index in [-0.39, 0.29) is 0 Å². The number of hydrogen-bond acceptors (Lipinski definition) is 3. The van der Waals surface area contributed by atoms with Gasteiger partial charge in [-0.25, -0.2) is 0 Å². The Morgan fingerprint density at radius 3 is 2.61 bits per heavy atom. The molecule has 3 heteroatoms. The molecular weight excluding hydrogens is 224 g/mol. The molecule has 0 radical (unpaired) electrons. The quantitative estimate of drug-likeness (QED) is 0.806. The molecule has 0 unspecified atom stereocenters. The summed E-state index contributed by atoms with van der Waals surface area (Å²) < 4.78 is 5.32. The molecule has 1 aliphatic rings. The van der Waals surface area contributed by atoms with Gasteiger partial charge in [0.15, 0.2) is 0 Å². The molecule has 1 saturated heterocycles. The van der Waals surface area contributed by atoms with Crippen LogP contribution in [-0.4, -0.2) is 32.6 Å². The summed E-state index contributed by atoms with van der Waals surface area (Å²) in [5.41, 5.74) is 5.49. The Morgan fingerprint density at radius 1 is 1.39 bits per heavy atom. The van der Waals surface area contributed by atoms with Gasteiger partial charge >= 0.3 is 0 Å². The van der Waals surface area contributed by atoms with Crippen molar-refractivity contribution in [2.24, 2.45) is 0 Å². The van der Waals surface area contributed by atoms with Crippen molar-refractivity contribution in [3.8, 4) is 5.75 Å². The lowest BCUT2D eigenvalue weighted by Gasteiger charge is -2.12. The van der Waals surface area contributed by atoms with Crippen molar-refractivity contribution in [2.75, 3.05) is 27.7 Å². The van der Waals surface area contributed by atoms with E-state index in [9.17, 15) is 0 Å². The van der Waals surface area contributed by atoms with Crippen LogP contribution in [0.25, 0.3) is 0 Å². The maximum absolute atomic E-state index is 5.32. The van der Waals surface area contributed by atoms with Crippen LogP contribution in [0, 0.1) is 0 Å². The standard InChI is InChI=1S/C15H22N2O/c1-5-11-6-7-13(18-4)8-12(11)9-14(16-2)15-10-17(15)3/h6-8,16H,5,9-10H2,1-4H3. The van der Waals surface area contributed by atoms with Gasteiger partial charge in [-0.2, -0.15) is 0 Å². The Hall–Kier alpha value is -1.64. The van der Waals surface area contributed by atoms with Gasteiger partial charge in [0, 0.05) is 26.2 Å². The van der Waals surface area contributed by atoms with Crippen LogP contribution >= 0.6 is 0 Å². The zero-order valence-corrected chi connectivity index (χ0v) is 11.7. The van der Waals surface area contributed by atoms with Gasteiger partial charge in [0.1, 0.15) is 5.75 Å². The molecule has 1 aromatic rings. The van der Waals surface area contributed by atoms with E-state index >= 15 is 0 Å². The van der Waals surface area contributed by atoms with E-state index in [1.54, 1.807) is 7.11 Å². The number of nitrogens with zero attached hydrogens (tertiary/aromatic N) is 1. The highest BCUT2D eigenvalue weighted by molar-refractivity contribution is 5.39. The Labute approximate surface area is 109 Å². The highest BCUT2D eigenvalue weighted by Crippen LogP contribution is 2.26. The smallest absolute Gasteiger partial charge is 0.119 e. The maximum Gasteiger partial charge on any atom is 0.119 e. The molecule has 1 N–H and O–H groups in total. The number of nitrogens with one attached hydrogen (secondary N) is 1. The second kappa shape index (κ2) is 5.34. The second-order valence-corrected chi connectivity index (χ2v) is 4.70. The van der Waals surface area contributed by atoms with Crippen molar-refractivity contribution >= 4 is 0 Å². The zero-order chi connectivity index (χ0) is 13.1. The third-order valence-corrected chi connectivity index (χ3v) is 3.56. The number of rotatable bonds is 5. The van der Waals surface area contributed by atoms with Gasteiger partial charge in [0.25, 0.3) is 0 Å². The number of benzene rings is 1. The van der Waals surface area contributed by atoms with Crippen LogP contribution in [0.3, 0.4) is 0 Å². The fourth-order valence-corrected chi connectivity index (χ4v) is 2.28. The third kappa shape index (κ3) is 2.61. The summed E-state index contributed by atoms with van der Waals surface area (Å²) in [5, 5.41) is 3.33. The fourth-order valence-electron chi connectivity index (χ4n) is 2.28. The predicted octanol–water partition coefficient (Wildman–Crippen LogP) is 2.18. The number of ether oxygens (including phenoxy) is 1. The van der Waals surface area contributed by atoms with Gasteiger partial charge < -0.3 is 15.0 Å². The molecule has 0 bridgehead atoms. The van der Waals surface area contributed by atoms with E-state index in [1.165, 1.54) is 22.5 Å². The van der Waals surface area contributed by atoms with Crippen LogP contribution < -0.4 is 10.1 Å². The number of aryl methyl sites for hydroxylation is 1. The molecule has 3 nitrogen and oxygen atoms in total. The first kappa shape index (κ1) is 12.8. The van der Waals surface area contributed by atoms with Crippen molar-refractivity contribution < 1.29 is 4.74 Å². The molecule has 1 fully saturated rings. The fraction of sp³-hybridized carbons (Fsp3) is 0.467. The summed E-state index contributed by atoms with van der Waals surface area (Å²) in [6.45, 7) is 3.28. The molecule has 98 valence electrons. The zero-order valence-electron chi connectivity index (χ0n) is 11.7. The van der Waals surface area contributed by atoms with E-state index in [0.29, 0.717) is 0 Å². The molecule has 0 spiro atoms. The van der Waals surface area contributed by atoms with Gasteiger partial charge in [0.2, 0.25) is 0 Å². The average molecular weight is 246 g/mol. The molecule has 0 amide bonds. The second-order valence-electron chi connectivity index (χ2n) is 4.70. The molecule has 18 heavy (non-hydrogen) atoms. The average Bonchev–Trinajstić information content (AvgIpc) is 3.12. The molecule has 2 rings (SSSR count). The van der Waals surface area contributed by atoms with Crippen molar-refractivity contribution in [3.05, 3.63) is 40.7 Å². The first-order chi connectivity index (χ1) is 8.69. The van der Waals surface area contributed by atoms with Crippen molar-refractivity contribution in [1.82, 2.24) is 10.2 Å². The minimum atomic E-state index is 0.937. The van der Waals surface area contributed by atoms with E-state index in [1.807, 2.05) is 13.1 Å². The number of hydrogen-bond donors (Lipinski definition) is 1. The minimum Gasteiger partial charge on any atom is -0.497 e. The van der Waals surface area contributed by atoms with E-state index in [0.717, 1.165) is 25.1 Å². The topological polar surface area (TPSA) is 24.3 Å². The normalized spacial score (nSPS) is 16.6. The molecule has 1 aromatic carbocycles. The van der Waals surface area contributed by atoms with Crippen LogP contribution in [0.15, 0.2) is 29.6 Å². The summed E-state index contributed by atoms with van der Waals surface area (Å²) in [5.74, 6) is 0.937. The lowest BCUT2D eigenvalue weighted by atomic mass is 10.0. The van der Waals surface area contributed by atoms with Gasteiger partial charge in [-0.3, -0.25) is 0 Å². The summed E-state index contributed by atoms with van der Waals surface area (Å²) in [7, 11) is 5.84. The SMILES string of the molecule is CCc1ccc(OC)cc1CC(NC)=C1CN1C. The number of allylic oxidation sites excluding steroid dienone is 1. The highest BCUT2D eigenvalue weighted by Gasteiger charge is 2.24. The van der Waals surface area contributed by atoms with Crippen molar-refractivity contribution in [3.63, 3.8) is 0 Å². The van der Waals surface area contributed by atoms with E-state index in [4.69, 9.17) is 4.74 Å². The first-order valence-electron chi connectivity index (χ1n) is 6.46. The van der Waals surface area contributed by atoms with Crippen LogP contribution in [0.4, 0.5) is 0 Å². The summed E-state index contributed by atoms with van der Waals surface area (Å²) >= 11 is 0. The Bertz CT molecular complexity index is 466. The van der Waals surface area contributed by atoms with E-state index < -0.39 is 0 Å². The van der Waals surface area contributed by atoms with Crippen LogP contribution in [0.2, 0.25) is 0 Å². The lowest BCUT2D eigenvalue weighted by Crippen LogP contribution is -2.11. The van der Waals surface area contributed by atoms with Gasteiger partial charge in [-0.05, 0) is 29.7 Å². The molecule has 1 aliphatic heterocycles. The monoisotopic (exact) mass is 246 g/mol. The lowest BCUT2D eigenvalue weighted by molar-refractivity contribution is 0.414. The summed E-state index contributed by atoms with van der Waals surface area (Å²) in [4.78, 5) is 2.26.